The number of unbranched alkanes of at least 4 members (excludes halogenated alkanes) is 8. The highest BCUT2D eigenvalue weighted by molar-refractivity contribution is 5.88. The first-order chi connectivity index (χ1) is 10.5. The Morgan fingerprint density at radius 2 is 1.41 bits per heavy atom. The number of carbonyl (C=O) groups is 3. The number of carbonyl (C=O) groups excluding carboxylic acids is 2. The zero-order valence-electron chi connectivity index (χ0n) is 13.5. The van der Waals surface area contributed by atoms with E-state index in [1.165, 1.54) is 38.5 Å². The third kappa shape index (κ3) is 12.3. The fourth-order valence-electron chi connectivity index (χ4n) is 2.07. The Hall–Kier alpha value is -1.43. The Balaban J connectivity index is 3.50. The van der Waals surface area contributed by atoms with Crippen LogP contribution in [0.2, 0.25) is 0 Å². The number of carboxylic acid groups (broad SMARTS) is 1. The Kier molecular flexibility index (Phi) is 12.4. The van der Waals surface area contributed by atoms with Gasteiger partial charge >= 0.3 is 17.9 Å². The van der Waals surface area contributed by atoms with Gasteiger partial charge in [-0.25, -0.2) is 0 Å². The average Bonchev–Trinajstić information content (AvgIpc) is 2.45. The van der Waals surface area contributed by atoms with Crippen molar-refractivity contribution in [1.82, 2.24) is 0 Å². The summed E-state index contributed by atoms with van der Waals surface area (Å²) in [5.41, 5.74) is 5.18. The van der Waals surface area contributed by atoms with E-state index in [1.807, 2.05) is 0 Å². The van der Waals surface area contributed by atoms with Crippen molar-refractivity contribution in [1.29, 1.82) is 0 Å². The zero-order chi connectivity index (χ0) is 16.8. The molecule has 0 radical (unpaired) electrons. The van der Waals surface area contributed by atoms with E-state index >= 15 is 0 Å². The predicted octanol–water partition coefficient (Wildman–Crippen LogP) is 2.78. The number of aliphatic carboxylic acids is 1. The maximum atomic E-state index is 11.4. The van der Waals surface area contributed by atoms with Crippen LogP contribution >= 0.6 is 0 Å². The molecular formula is C16H29NO5. The molecule has 0 aliphatic rings. The van der Waals surface area contributed by atoms with E-state index in [1.54, 1.807) is 0 Å². The summed E-state index contributed by atoms with van der Waals surface area (Å²) in [6.45, 7) is 2.19. The molecule has 0 saturated carbocycles. The van der Waals surface area contributed by atoms with Crippen molar-refractivity contribution in [3.05, 3.63) is 0 Å². The molecular weight excluding hydrogens is 286 g/mol. The van der Waals surface area contributed by atoms with Crippen LogP contribution in [0, 0.1) is 0 Å². The molecule has 0 aliphatic carbocycles. The second-order valence-electron chi connectivity index (χ2n) is 5.57. The molecule has 0 unspecified atom stereocenters. The Morgan fingerprint density at radius 3 is 1.91 bits per heavy atom. The lowest BCUT2D eigenvalue weighted by Crippen LogP contribution is -2.33. The highest BCUT2D eigenvalue weighted by Gasteiger charge is 2.19. The van der Waals surface area contributed by atoms with Gasteiger partial charge < -0.3 is 15.6 Å². The van der Waals surface area contributed by atoms with Crippen molar-refractivity contribution in [2.45, 2.75) is 83.6 Å². The zero-order valence-corrected chi connectivity index (χ0v) is 13.5. The molecule has 0 spiro atoms. The minimum absolute atomic E-state index is 0.184. The Morgan fingerprint density at radius 1 is 0.909 bits per heavy atom. The summed E-state index contributed by atoms with van der Waals surface area (Å²) in [6, 6.07) is -1.33. The Bertz CT molecular complexity index is 343. The van der Waals surface area contributed by atoms with Crippen molar-refractivity contribution in [3.8, 4) is 0 Å². The minimum Gasteiger partial charge on any atom is -0.480 e. The fraction of sp³-hybridized carbons (Fsp3) is 0.812. The lowest BCUT2D eigenvalue weighted by atomic mass is 10.1. The molecule has 22 heavy (non-hydrogen) atoms. The predicted molar refractivity (Wildman–Crippen MR) is 83.2 cm³/mol. The number of hydrogen-bond donors (Lipinski definition) is 2. The molecule has 128 valence electrons. The van der Waals surface area contributed by atoms with Gasteiger partial charge in [0.15, 0.2) is 0 Å². The van der Waals surface area contributed by atoms with Crippen LogP contribution in [-0.4, -0.2) is 29.1 Å². The van der Waals surface area contributed by atoms with E-state index in [9.17, 15) is 14.4 Å². The van der Waals surface area contributed by atoms with E-state index in [-0.39, 0.29) is 6.42 Å². The van der Waals surface area contributed by atoms with Crippen LogP contribution in [0.1, 0.15) is 77.6 Å². The molecule has 0 amide bonds. The quantitative estimate of drug-likeness (QED) is 0.307. The number of carboxylic acids is 1. The lowest BCUT2D eigenvalue weighted by Gasteiger charge is -2.06. The fourth-order valence-corrected chi connectivity index (χ4v) is 2.07. The van der Waals surface area contributed by atoms with Gasteiger partial charge in [0.25, 0.3) is 0 Å². The molecule has 3 N–H and O–H groups in total. The highest BCUT2D eigenvalue weighted by Crippen LogP contribution is 2.10. The number of rotatable bonds is 13. The van der Waals surface area contributed by atoms with E-state index in [0.29, 0.717) is 6.42 Å². The van der Waals surface area contributed by atoms with Gasteiger partial charge in [0, 0.05) is 6.42 Å². The molecule has 0 heterocycles. The number of hydrogen-bond acceptors (Lipinski definition) is 5. The molecule has 0 fully saturated rings. The van der Waals surface area contributed by atoms with Gasteiger partial charge in [0.2, 0.25) is 0 Å². The number of esters is 2. The summed E-state index contributed by atoms with van der Waals surface area (Å²) >= 11 is 0. The number of ether oxygens (including phenoxy) is 1. The van der Waals surface area contributed by atoms with Gasteiger partial charge in [-0.1, -0.05) is 58.3 Å². The lowest BCUT2D eigenvalue weighted by molar-refractivity contribution is -0.161. The third-order valence-corrected chi connectivity index (χ3v) is 3.42. The van der Waals surface area contributed by atoms with Crippen LogP contribution in [-0.2, 0) is 19.1 Å². The molecule has 0 saturated heterocycles. The summed E-state index contributed by atoms with van der Waals surface area (Å²) in [4.78, 5) is 33.1. The molecule has 0 aromatic heterocycles. The maximum Gasteiger partial charge on any atom is 0.321 e. The van der Waals surface area contributed by atoms with Crippen molar-refractivity contribution in [2.75, 3.05) is 0 Å². The van der Waals surface area contributed by atoms with Gasteiger partial charge in [0.05, 0.1) is 6.42 Å². The minimum atomic E-state index is -1.33. The molecule has 0 aromatic carbocycles. The smallest absolute Gasteiger partial charge is 0.321 e. The van der Waals surface area contributed by atoms with Gasteiger partial charge in [-0.3, -0.25) is 14.4 Å². The van der Waals surface area contributed by atoms with E-state index < -0.39 is 30.4 Å². The molecule has 0 aliphatic heterocycles. The molecule has 6 heteroatoms. The Labute approximate surface area is 132 Å². The normalized spacial score (nSPS) is 11.9. The number of nitrogens with two attached hydrogens (primary N) is 1. The van der Waals surface area contributed by atoms with E-state index in [0.717, 1.165) is 12.8 Å². The van der Waals surface area contributed by atoms with Gasteiger partial charge in [-0.05, 0) is 6.42 Å². The summed E-state index contributed by atoms with van der Waals surface area (Å²) in [6.07, 6.45) is 9.92. The van der Waals surface area contributed by atoms with Crippen LogP contribution in [0.15, 0.2) is 0 Å². The van der Waals surface area contributed by atoms with Gasteiger partial charge in [-0.15, -0.1) is 0 Å². The molecule has 6 nitrogen and oxygen atoms in total. The summed E-state index contributed by atoms with van der Waals surface area (Å²) in [5, 5.41) is 8.54. The van der Waals surface area contributed by atoms with Gasteiger partial charge in [0.1, 0.15) is 6.04 Å². The molecule has 0 rings (SSSR count). The summed E-state index contributed by atoms with van der Waals surface area (Å²) in [7, 11) is 0. The molecule has 0 aromatic rings. The average molecular weight is 315 g/mol. The topological polar surface area (TPSA) is 107 Å². The second-order valence-corrected chi connectivity index (χ2v) is 5.57. The highest BCUT2D eigenvalue weighted by atomic mass is 16.6. The molecule has 0 bridgehead atoms. The van der Waals surface area contributed by atoms with Crippen LogP contribution in [0.5, 0.6) is 0 Å². The monoisotopic (exact) mass is 315 g/mol. The molecule has 1 atom stereocenters. The van der Waals surface area contributed by atoms with Crippen molar-refractivity contribution < 1.29 is 24.2 Å². The standard InChI is InChI=1S/C16H29NO5/c1-2-3-4-5-6-7-8-9-10-11-14(18)22-15(19)12-13(17)16(20)21/h13H,2-12,17H2,1H3,(H,20,21)/t13-/m0/s1. The van der Waals surface area contributed by atoms with Crippen molar-refractivity contribution in [2.24, 2.45) is 5.73 Å². The van der Waals surface area contributed by atoms with Crippen molar-refractivity contribution in [3.63, 3.8) is 0 Å². The van der Waals surface area contributed by atoms with Crippen LogP contribution in [0.25, 0.3) is 0 Å². The maximum absolute atomic E-state index is 11.4. The van der Waals surface area contributed by atoms with Crippen LogP contribution in [0.3, 0.4) is 0 Å². The SMILES string of the molecule is CCCCCCCCCCCC(=O)OC(=O)C[C@H](N)C(=O)O. The van der Waals surface area contributed by atoms with E-state index in [2.05, 4.69) is 11.7 Å². The van der Waals surface area contributed by atoms with Crippen LogP contribution < -0.4 is 5.73 Å². The van der Waals surface area contributed by atoms with Gasteiger partial charge in [-0.2, -0.15) is 0 Å². The van der Waals surface area contributed by atoms with Crippen LogP contribution in [0.4, 0.5) is 0 Å². The third-order valence-electron chi connectivity index (χ3n) is 3.42. The van der Waals surface area contributed by atoms with Crippen molar-refractivity contribution >= 4 is 17.9 Å². The summed E-state index contributed by atoms with van der Waals surface area (Å²) < 4.78 is 4.52. The largest absolute Gasteiger partial charge is 0.480 e. The summed E-state index contributed by atoms with van der Waals surface area (Å²) in [5.74, 6) is -2.77. The second kappa shape index (κ2) is 13.2. The first-order valence-corrected chi connectivity index (χ1v) is 8.19. The first kappa shape index (κ1) is 20.6. The van der Waals surface area contributed by atoms with E-state index in [4.69, 9.17) is 10.8 Å². The first-order valence-electron chi connectivity index (χ1n) is 8.19.